The van der Waals surface area contributed by atoms with Crippen LogP contribution in [-0.2, 0) is 11.2 Å². The van der Waals surface area contributed by atoms with Gasteiger partial charge in [0, 0.05) is 31.6 Å². The highest BCUT2D eigenvalue weighted by atomic mass is 16.2. The summed E-state index contributed by atoms with van der Waals surface area (Å²) in [5.74, 6) is 0.358. The maximum Gasteiger partial charge on any atom is 0.253 e. The Balaban J connectivity index is 1.79. The second kappa shape index (κ2) is 6.96. The monoisotopic (exact) mass is 328 g/mol. The number of rotatable bonds is 3. The highest BCUT2D eigenvalue weighted by molar-refractivity contribution is 5.94. The molecule has 2 amide bonds. The number of piperidine rings is 2. The molecule has 0 saturated carbocycles. The first-order valence-electron chi connectivity index (χ1n) is 9.28. The molecule has 0 aromatic heterocycles. The Morgan fingerprint density at radius 2 is 1.83 bits per heavy atom. The average Bonchev–Trinajstić information content (AvgIpc) is 2.61. The molecule has 0 N–H and O–H groups in total. The number of benzene rings is 1. The lowest BCUT2D eigenvalue weighted by molar-refractivity contribution is -0.144. The van der Waals surface area contributed by atoms with E-state index in [2.05, 4.69) is 13.8 Å². The van der Waals surface area contributed by atoms with Crippen molar-refractivity contribution in [1.82, 2.24) is 9.80 Å². The van der Waals surface area contributed by atoms with Gasteiger partial charge in [0.2, 0.25) is 5.91 Å². The molecule has 2 heterocycles. The molecular formula is C20H28N2O2. The predicted molar refractivity (Wildman–Crippen MR) is 94.9 cm³/mol. The van der Waals surface area contributed by atoms with Crippen molar-refractivity contribution in [3.63, 3.8) is 0 Å². The molecule has 2 saturated heterocycles. The summed E-state index contributed by atoms with van der Waals surface area (Å²) in [6.07, 6.45) is 5.60. The Morgan fingerprint density at radius 1 is 1.12 bits per heavy atom. The summed E-state index contributed by atoms with van der Waals surface area (Å²) in [7, 11) is 0. The van der Waals surface area contributed by atoms with Crippen LogP contribution in [0.15, 0.2) is 24.3 Å². The van der Waals surface area contributed by atoms with Gasteiger partial charge in [-0.2, -0.15) is 0 Å². The first-order valence-corrected chi connectivity index (χ1v) is 9.28. The minimum Gasteiger partial charge on any atom is -0.336 e. The SMILES string of the molecule is CCc1ccc(C(=O)N2CCCC3(CCCC(=O)N3CC)C2)cc1. The topological polar surface area (TPSA) is 40.6 Å². The van der Waals surface area contributed by atoms with Crippen molar-refractivity contribution in [2.24, 2.45) is 0 Å². The predicted octanol–water partition coefficient (Wildman–Crippen LogP) is 3.26. The maximum absolute atomic E-state index is 12.9. The Labute approximate surface area is 144 Å². The van der Waals surface area contributed by atoms with Crippen LogP contribution in [0.1, 0.15) is 61.9 Å². The molecule has 2 aliphatic heterocycles. The molecule has 1 unspecified atom stereocenters. The lowest BCUT2D eigenvalue weighted by Gasteiger charge is -2.52. The molecular weight excluding hydrogens is 300 g/mol. The van der Waals surface area contributed by atoms with Crippen LogP contribution in [0.2, 0.25) is 0 Å². The zero-order valence-electron chi connectivity index (χ0n) is 14.9. The Bertz CT molecular complexity index is 607. The minimum absolute atomic E-state index is 0.103. The third-order valence-electron chi connectivity index (χ3n) is 5.67. The van der Waals surface area contributed by atoms with Gasteiger partial charge in [-0.1, -0.05) is 19.1 Å². The minimum atomic E-state index is -0.138. The van der Waals surface area contributed by atoms with E-state index >= 15 is 0 Å². The van der Waals surface area contributed by atoms with E-state index in [1.807, 2.05) is 34.1 Å². The average molecular weight is 328 g/mol. The number of nitrogens with zero attached hydrogens (tertiary/aromatic N) is 2. The Hall–Kier alpha value is -1.84. The standard InChI is InChI=1S/C20H28N2O2/c1-3-16-8-10-17(11-9-16)19(24)21-14-6-13-20(15-21)12-5-7-18(23)22(20)4-2/h8-11H,3-7,12-15H2,1-2H3. The smallest absolute Gasteiger partial charge is 0.253 e. The van der Waals surface area contributed by atoms with Crippen LogP contribution in [0.4, 0.5) is 0 Å². The Kier molecular flexibility index (Phi) is 4.93. The number of hydrogen-bond donors (Lipinski definition) is 0. The number of hydrogen-bond acceptors (Lipinski definition) is 2. The third-order valence-corrected chi connectivity index (χ3v) is 5.67. The first-order chi connectivity index (χ1) is 11.6. The van der Waals surface area contributed by atoms with Crippen molar-refractivity contribution in [3.8, 4) is 0 Å². The molecule has 2 fully saturated rings. The molecule has 4 nitrogen and oxygen atoms in total. The lowest BCUT2D eigenvalue weighted by Crippen LogP contribution is -2.63. The van der Waals surface area contributed by atoms with Gasteiger partial charge in [0.25, 0.3) is 5.91 Å². The highest BCUT2D eigenvalue weighted by Gasteiger charge is 2.45. The molecule has 1 atom stereocenters. The van der Waals surface area contributed by atoms with Crippen molar-refractivity contribution in [3.05, 3.63) is 35.4 Å². The number of carbonyl (C=O) groups excluding carboxylic acids is 2. The van der Waals surface area contributed by atoms with Gasteiger partial charge >= 0.3 is 0 Å². The molecule has 0 aliphatic carbocycles. The molecule has 0 bridgehead atoms. The van der Waals surface area contributed by atoms with E-state index in [0.717, 1.165) is 50.8 Å². The summed E-state index contributed by atoms with van der Waals surface area (Å²) >= 11 is 0. The van der Waals surface area contributed by atoms with E-state index in [1.165, 1.54) is 5.56 Å². The van der Waals surface area contributed by atoms with Crippen LogP contribution < -0.4 is 0 Å². The molecule has 1 aromatic rings. The molecule has 1 aromatic carbocycles. The number of carbonyl (C=O) groups is 2. The highest BCUT2D eigenvalue weighted by Crippen LogP contribution is 2.36. The van der Waals surface area contributed by atoms with Gasteiger partial charge in [-0.25, -0.2) is 0 Å². The van der Waals surface area contributed by atoms with Gasteiger partial charge in [-0.3, -0.25) is 9.59 Å². The molecule has 130 valence electrons. The Morgan fingerprint density at radius 3 is 2.50 bits per heavy atom. The van der Waals surface area contributed by atoms with Gasteiger partial charge in [-0.15, -0.1) is 0 Å². The number of aryl methyl sites for hydroxylation is 1. The maximum atomic E-state index is 12.9. The van der Waals surface area contributed by atoms with Crippen LogP contribution in [-0.4, -0.2) is 46.8 Å². The second-order valence-corrected chi connectivity index (χ2v) is 7.10. The van der Waals surface area contributed by atoms with Crippen molar-refractivity contribution in [2.75, 3.05) is 19.6 Å². The zero-order valence-corrected chi connectivity index (χ0v) is 14.9. The molecule has 2 aliphatic rings. The van der Waals surface area contributed by atoms with Crippen LogP contribution in [0.3, 0.4) is 0 Å². The number of likely N-dealkylation sites (tertiary alicyclic amines) is 2. The molecule has 1 spiro atoms. The van der Waals surface area contributed by atoms with Crippen LogP contribution >= 0.6 is 0 Å². The van der Waals surface area contributed by atoms with Gasteiger partial charge in [0.15, 0.2) is 0 Å². The lowest BCUT2D eigenvalue weighted by atomic mass is 9.79. The van der Waals surface area contributed by atoms with E-state index < -0.39 is 0 Å². The molecule has 3 rings (SSSR count). The fraction of sp³-hybridized carbons (Fsp3) is 0.600. The van der Waals surface area contributed by atoms with Crippen LogP contribution in [0.25, 0.3) is 0 Å². The van der Waals surface area contributed by atoms with Gasteiger partial charge < -0.3 is 9.80 Å². The summed E-state index contributed by atoms with van der Waals surface area (Å²) < 4.78 is 0. The molecule has 24 heavy (non-hydrogen) atoms. The summed E-state index contributed by atoms with van der Waals surface area (Å²) in [5, 5.41) is 0. The molecule has 4 heteroatoms. The third kappa shape index (κ3) is 3.06. The van der Waals surface area contributed by atoms with Crippen molar-refractivity contribution < 1.29 is 9.59 Å². The number of likely N-dealkylation sites (N-methyl/N-ethyl adjacent to an activating group) is 1. The zero-order chi connectivity index (χ0) is 17.2. The van der Waals surface area contributed by atoms with Crippen LogP contribution in [0.5, 0.6) is 0 Å². The van der Waals surface area contributed by atoms with Gasteiger partial charge in [0.1, 0.15) is 0 Å². The number of amides is 2. The summed E-state index contributed by atoms with van der Waals surface area (Å²) in [6.45, 7) is 6.38. The van der Waals surface area contributed by atoms with E-state index in [1.54, 1.807) is 0 Å². The first kappa shape index (κ1) is 17.0. The molecule has 0 radical (unpaired) electrons. The summed E-state index contributed by atoms with van der Waals surface area (Å²) in [6, 6.07) is 7.95. The van der Waals surface area contributed by atoms with Crippen molar-refractivity contribution in [2.45, 2.75) is 57.9 Å². The van der Waals surface area contributed by atoms with Gasteiger partial charge in [-0.05, 0) is 56.7 Å². The largest absolute Gasteiger partial charge is 0.336 e. The van der Waals surface area contributed by atoms with Gasteiger partial charge in [0.05, 0.1) is 5.54 Å². The van der Waals surface area contributed by atoms with Crippen molar-refractivity contribution >= 4 is 11.8 Å². The van der Waals surface area contributed by atoms with E-state index in [4.69, 9.17) is 0 Å². The van der Waals surface area contributed by atoms with E-state index in [0.29, 0.717) is 13.0 Å². The van der Waals surface area contributed by atoms with Crippen molar-refractivity contribution in [1.29, 1.82) is 0 Å². The van der Waals surface area contributed by atoms with E-state index in [9.17, 15) is 9.59 Å². The quantitative estimate of drug-likeness (QED) is 0.854. The summed E-state index contributed by atoms with van der Waals surface area (Å²) in [4.78, 5) is 29.3. The van der Waals surface area contributed by atoms with Crippen LogP contribution in [0, 0.1) is 0 Å². The normalized spacial score (nSPS) is 24.5. The summed E-state index contributed by atoms with van der Waals surface area (Å²) in [5.41, 5.74) is 1.87. The van der Waals surface area contributed by atoms with E-state index in [-0.39, 0.29) is 17.4 Å². The fourth-order valence-electron chi connectivity index (χ4n) is 4.39. The fourth-order valence-corrected chi connectivity index (χ4v) is 4.39. The second-order valence-electron chi connectivity index (χ2n) is 7.10.